The highest BCUT2D eigenvalue weighted by Gasteiger charge is 2.19. The Hall–Kier alpha value is -3.68. The van der Waals surface area contributed by atoms with Crippen molar-refractivity contribution in [2.75, 3.05) is 7.11 Å². The molecule has 2 N–H and O–H groups in total. The van der Waals surface area contributed by atoms with Gasteiger partial charge in [-0.15, -0.1) is 0 Å². The maximum atomic E-state index is 5.37. The van der Waals surface area contributed by atoms with Gasteiger partial charge in [0.25, 0.3) is 0 Å². The Labute approximate surface area is 154 Å². The van der Waals surface area contributed by atoms with Crippen molar-refractivity contribution in [3.05, 3.63) is 48.8 Å². The van der Waals surface area contributed by atoms with E-state index in [1.54, 1.807) is 19.6 Å². The molecule has 0 spiro atoms. The average Bonchev–Trinajstić information content (AvgIpc) is 3.43. The van der Waals surface area contributed by atoms with Crippen LogP contribution in [-0.4, -0.2) is 41.8 Å². The molecule has 0 aliphatic heterocycles. The number of ether oxygens (including phenoxy) is 1. The van der Waals surface area contributed by atoms with E-state index >= 15 is 0 Å². The summed E-state index contributed by atoms with van der Waals surface area (Å²) < 4.78 is 7.22. The highest BCUT2D eigenvalue weighted by atomic mass is 16.5. The quantitative estimate of drug-likeness (QED) is 0.513. The number of H-pyrrole nitrogens is 2. The van der Waals surface area contributed by atoms with E-state index in [0.29, 0.717) is 5.88 Å². The van der Waals surface area contributed by atoms with E-state index < -0.39 is 0 Å². The van der Waals surface area contributed by atoms with Crippen LogP contribution in [0, 0.1) is 0 Å². The fourth-order valence-corrected chi connectivity index (χ4v) is 3.34. The van der Waals surface area contributed by atoms with Crippen LogP contribution in [-0.2, 0) is 6.42 Å². The lowest BCUT2D eigenvalue weighted by Gasteiger charge is -2.06. The fourth-order valence-electron chi connectivity index (χ4n) is 3.34. The number of hydrogen-bond donors (Lipinski definition) is 2. The van der Waals surface area contributed by atoms with Crippen LogP contribution in [0.3, 0.4) is 0 Å². The second-order valence-electron chi connectivity index (χ2n) is 6.14. The summed E-state index contributed by atoms with van der Waals surface area (Å²) >= 11 is 0. The maximum Gasteiger partial charge on any atom is 0.238 e. The monoisotopic (exact) mass is 359 g/mol. The number of para-hydroxylation sites is 1. The number of aryl methyl sites for hydroxylation is 1. The van der Waals surface area contributed by atoms with Gasteiger partial charge in [0.15, 0.2) is 11.6 Å². The zero-order valence-corrected chi connectivity index (χ0v) is 14.9. The molecule has 27 heavy (non-hydrogen) atoms. The van der Waals surface area contributed by atoms with Gasteiger partial charge in [-0.25, -0.2) is 19.6 Å². The lowest BCUT2D eigenvalue weighted by Crippen LogP contribution is -2.01. The molecule has 4 heterocycles. The Bertz CT molecular complexity index is 1260. The maximum absolute atomic E-state index is 5.37. The minimum absolute atomic E-state index is 0.551. The molecule has 0 saturated heterocycles. The second kappa shape index (κ2) is 5.94. The number of nitrogens with one attached hydrogen (secondary N) is 2. The summed E-state index contributed by atoms with van der Waals surface area (Å²) in [5.41, 5.74) is 4.46. The highest BCUT2D eigenvalue weighted by molar-refractivity contribution is 5.96. The van der Waals surface area contributed by atoms with Gasteiger partial charge in [-0.05, 0) is 18.2 Å². The Kier molecular flexibility index (Phi) is 3.43. The Morgan fingerprint density at radius 1 is 1.15 bits per heavy atom. The van der Waals surface area contributed by atoms with Gasteiger partial charge < -0.3 is 14.7 Å². The van der Waals surface area contributed by atoms with Crippen molar-refractivity contribution in [2.24, 2.45) is 0 Å². The summed E-state index contributed by atoms with van der Waals surface area (Å²) in [6, 6.07) is 7.92. The van der Waals surface area contributed by atoms with Gasteiger partial charge >= 0.3 is 0 Å². The molecule has 0 aliphatic rings. The van der Waals surface area contributed by atoms with E-state index in [9.17, 15) is 0 Å². The lowest BCUT2D eigenvalue weighted by atomic mass is 10.2. The molecule has 134 valence electrons. The Morgan fingerprint density at radius 2 is 2.07 bits per heavy atom. The molecule has 0 radical (unpaired) electrons. The fraction of sp³-hybridized carbons (Fsp3) is 0.158. The first kappa shape index (κ1) is 15.6. The molecule has 5 aromatic rings. The second-order valence-corrected chi connectivity index (χ2v) is 6.14. The van der Waals surface area contributed by atoms with Crippen LogP contribution in [0.2, 0.25) is 0 Å². The zero-order chi connectivity index (χ0) is 18.4. The van der Waals surface area contributed by atoms with Gasteiger partial charge in [-0.2, -0.15) is 5.10 Å². The van der Waals surface area contributed by atoms with Crippen LogP contribution >= 0.6 is 0 Å². The average molecular weight is 359 g/mol. The third kappa shape index (κ3) is 2.30. The molecule has 0 amide bonds. The molecule has 5 rings (SSSR count). The minimum Gasteiger partial charge on any atom is -0.479 e. The predicted molar refractivity (Wildman–Crippen MR) is 102 cm³/mol. The number of nitrogens with zero attached hydrogens (tertiary/aromatic N) is 5. The number of pyridine rings is 1. The first-order valence-electron chi connectivity index (χ1n) is 8.69. The minimum atomic E-state index is 0.551. The van der Waals surface area contributed by atoms with Crippen LogP contribution in [0.15, 0.2) is 43.0 Å². The summed E-state index contributed by atoms with van der Waals surface area (Å²) in [6.45, 7) is 2.04. The van der Waals surface area contributed by atoms with E-state index in [-0.39, 0.29) is 0 Å². The molecule has 0 saturated carbocycles. The van der Waals surface area contributed by atoms with E-state index in [4.69, 9.17) is 14.8 Å². The van der Waals surface area contributed by atoms with E-state index in [1.165, 1.54) is 0 Å². The van der Waals surface area contributed by atoms with Gasteiger partial charge in [0.1, 0.15) is 11.0 Å². The van der Waals surface area contributed by atoms with E-state index in [1.807, 2.05) is 42.1 Å². The molecule has 1 aromatic carbocycles. The van der Waals surface area contributed by atoms with Crippen molar-refractivity contribution in [2.45, 2.75) is 13.3 Å². The highest BCUT2D eigenvalue weighted by Crippen LogP contribution is 2.33. The van der Waals surface area contributed by atoms with Crippen molar-refractivity contribution in [1.29, 1.82) is 0 Å². The molecule has 0 aliphatic carbocycles. The van der Waals surface area contributed by atoms with Crippen LogP contribution in [0.25, 0.3) is 39.0 Å². The zero-order valence-electron chi connectivity index (χ0n) is 14.9. The SMILES string of the molecule is CCc1nc(-c2c[nH]c3c(OC)nccc23)n(-c2cccc3[nH]cnc23)n1. The summed E-state index contributed by atoms with van der Waals surface area (Å²) in [6.07, 6.45) is 6.07. The molecule has 0 bridgehead atoms. The molecule has 0 fully saturated rings. The summed E-state index contributed by atoms with van der Waals surface area (Å²) in [7, 11) is 1.61. The lowest BCUT2D eigenvalue weighted by molar-refractivity contribution is 0.402. The third-order valence-corrected chi connectivity index (χ3v) is 4.63. The van der Waals surface area contributed by atoms with E-state index in [2.05, 4.69) is 19.9 Å². The normalized spacial score (nSPS) is 11.5. The first-order chi connectivity index (χ1) is 13.3. The molecule has 4 aromatic heterocycles. The van der Waals surface area contributed by atoms with Gasteiger partial charge in [-0.3, -0.25) is 0 Å². The van der Waals surface area contributed by atoms with Crippen molar-refractivity contribution in [3.63, 3.8) is 0 Å². The summed E-state index contributed by atoms with van der Waals surface area (Å²) in [4.78, 5) is 19.9. The molecule has 8 nitrogen and oxygen atoms in total. The number of imidazole rings is 1. The van der Waals surface area contributed by atoms with Crippen LogP contribution < -0.4 is 4.74 Å². The summed E-state index contributed by atoms with van der Waals surface area (Å²) in [5, 5.41) is 5.70. The van der Waals surface area contributed by atoms with E-state index in [0.717, 1.165) is 51.3 Å². The summed E-state index contributed by atoms with van der Waals surface area (Å²) in [5.74, 6) is 2.07. The third-order valence-electron chi connectivity index (χ3n) is 4.63. The Morgan fingerprint density at radius 3 is 2.93 bits per heavy atom. The standard InChI is InChI=1S/C19H17N7O/c1-3-15-24-18(12-9-21-16-11(12)7-8-20-19(16)27-2)26(25-15)14-6-4-5-13-17(14)23-10-22-13/h4-10,21H,3H2,1-2H3,(H,22,23). The van der Waals surface area contributed by atoms with Gasteiger partial charge in [0.2, 0.25) is 5.88 Å². The molecule has 8 heteroatoms. The molecule has 0 unspecified atom stereocenters. The number of methoxy groups -OCH3 is 1. The smallest absolute Gasteiger partial charge is 0.238 e. The van der Waals surface area contributed by atoms with Crippen LogP contribution in [0.5, 0.6) is 5.88 Å². The van der Waals surface area contributed by atoms with Crippen molar-refractivity contribution < 1.29 is 4.74 Å². The van der Waals surface area contributed by atoms with Crippen molar-refractivity contribution >= 4 is 21.9 Å². The topological polar surface area (TPSA) is 97.3 Å². The van der Waals surface area contributed by atoms with Gasteiger partial charge in [0, 0.05) is 29.8 Å². The van der Waals surface area contributed by atoms with Crippen LogP contribution in [0.4, 0.5) is 0 Å². The number of hydrogen-bond acceptors (Lipinski definition) is 5. The largest absolute Gasteiger partial charge is 0.479 e. The number of aromatic amines is 2. The number of aromatic nitrogens is 7. The predicted octanol–water partition coefficient (Wildman–Crippen LogP) is 3.26. The number of rotatable bonds is 4. The van der Waals surface area contributed by atoms with Crippen molar-refractivity contribution in [1.82, 2.24) is 34.7 Å². The first-order valence-corrected chi connectivity index (χ1v) is 8.69. The molecular formula is C19H17N7O. The number of fused-ring (bicyclic) bond motifs is 2. The number of benzene rings is 1. The van der Waals surface area contributed by atoms with Crippen LogP contribution in [0.1, 0.15) is 12.7 Å². The Balaban J connectivity index is 1.79. The molecular weight excluding hydrogens is 342 g/mol. The van der Waals surface area contributed by atoms with Crippen molar-refractivity contribution in [3.8, 4) is 23.0 Å². The van der Waals surface area contributed by atoms with Gasteiger partial charge in [0.05, 0.1) is 24.6 Å². The molecule has 0 atom stereocenters. The van der Waals surface area contributed by atoms with Gasteiger partial charge in [-0.1, -0.05) is 13.0 Å².